The van der Waals surface area contributed by atoms with Crippen LogP contribution in [0.3, 0.4) is 0 Å². The van der Waals surface area contributed by atoms with Crippen LogP contribution in [0, 0.1) is 13.8 Å². The molecule has 0 radical (unpaired) electrons. The Morgan fingerprint density at radius 1 is 1.44 bits per heavy atom. The Morgan fingerprint density at radius 3 is 2.72 bits per heavy atom. The van der Waals surface area contributed by atoms with Gasteiger partial charge in [-0.1, -0.05) is 6.08 Å². The van der Waals surface area contributed by atoms with E-state index in [0.717, 1.165) is 34.8 Å². The molecule has 0 aliphatic rings. The second kappa shape index (κ2) is 8.01. The van der Waals surface area contributed by atoms with Crippen LogP contribution in [0.1, 0.15) is 52.8 Å². The summed E-state index contributed by atoms with van der Waals surface area (Å²) in [4.78, 5) is 12.7. The third-order valence-electron chi connectivity index (χ3n) is 4.42. The number of nitrogens with zero attached hydrogens (tertiary/aromatic N) is 2. The quantitative estimate of drug-likeness (QED) is 0.780. The van der Waals surface area contributed by atoms with Gasteiger partial charge in [-0.25, -0.2) is 0 Å². The van der Waals surface area contributed by atoms with Crippen LogP contribution < -0.4 is 10.1 Å². The summed E-state index contributed by atoms with van der Waals surface area (Å²) >= 11 is 0. The standard InChI is InChI=1S/C20H27N3O2/c1-7-9-16-12-17(10-11-18(16)25-6)20(24)21-13(3)19-14(4)22-23(8-2)15(19)5/h7,10-13H,1,8-9H2,2-6H3,(H,21,24). The molecule has 0 spiro atoms. The molecule has 1 heterocycles. The number of aromatic nitrogens is 2. The second-order valence-corrected chi connectivity index (χ2v) is 6.11. The zero-order valence-corrected chi connectivity index (χ0v) is 15.7. The van der Waals surface area contributed by atoms with Gasteiger partial charge in [0.2, 0.25) is 0 Å². The number of amides is 1. The van der Waals surface area contributed by atoms with E-state index < -0.39 is 0 Å². The maximum Gasteiger partial charge on any atom is 0.251 e. The molecule has 1 unspecified atom stereocenters. The first-order chi connectivity index (χ1) is 11.9. The molecule has 2 aromatic rings. The molecule has 5 nitrogen and oxygen atoms in total. The van der Waals surface area contributed by atoms with Gasteiger partial charge in [-0.05, 0) is 57.9 Å². The minimum Gasteiger partial charge on any atom is -0.496 e. The van der Waals surface area contributed by atoms with Crippen LogP contribution in [0.25, 0.3) is 0 Å². The number of carbonyl (C=O) groups is 1. The Morgan fingerprint density at radius 2 is 2.16 bits per heavy atom. The van der Waals surface area contributed by atoms with Gasteiger partial charge in [-0.15, -0.1) is 6.58 Å². The second-order valence-electron chi connectivity index (χ2n) is 6.11. The van der Waals surface area contributed by atoms with Crippen molar-refractivity contribution in [2.75, 3.05) is 7.11 Å². The molecule has 0 bridgehead atoms. The third kappa shape index (κ3) is 3.92. The van der Waals surface area contributed by atoms with Crippen molar-refractivity contribution in [2.45, 2.75) is 46.7 Å². The van der Waals surface area contributed by atoms with Gasteiger partial charge >= 0.3 is 0 Å². The molecule has 0 saturated carbocycles. The van der Waals surface area contributed by atoms with Crippen LogP contribution in [0.15, 0.2) is 30.9 Å². The molecule has 1 atom stereocenters. The molecular formula is C20H27N3O2. The van der Waals surface area contributed by atoms with Crippen molar-refractivity contribution in [1.29, 1.82) is 0 Å². The lowest BCUT2D eigenvalue weighted by molar-refractivity contribution is 0.0939. The molecular weight excluding hydrogens is 314 g/mol. The first-order valence-electron chi connectivity index (χ1n) is 8.55. The van der Waals surface area contributed by atoms with Crippen LogP contribution in [0.2, 0.25) is 0 Å². The lowest BCUT2D eigenvalue weighted by Gasteiger charge is -2.16. The van der Waals surface area contributed by atoms with Gasteiger partial charge in [-0.2, -0.15) is 5.10 Å². The normalized spacial score (nSPS) is 11.9. The molecule has 5 heteroatoms. The highest BCUT2D eigenvalue weighted by atomic mass is 16.5. The highest BCUT2D eigenvalue weighted by Gasteiger charge is 2.19. The largest absolute Gasteiger partial charge is 0.496 e. The maximum absolute atomic E-state index is 12.7. The zero-order chi connectivity index (χ0) is 18.6. The van der Waals surface area contributed by atoms with E-state index in [-0.39, 0.29) is 11.9 Å². The summed E-state index contributed by atoms with van der Waals surface area (Å²) in [7, 11) is 1.63. The number of ether oxygens (including phenoxy) is 1. The highest BCUT2D eigenvalue weighted by Crippen LogP contribution is 2.24. The number of carbonyl (C=O) groups excluding carboxylic acids is 1. The van der Waals surface area contributed by atoms with Crippen molar-refractivity contribution in [1.82, 2.24) is 15.1 Å². The summed E-state index contributed by atoms with van der Waals surface area (Å²) in [5, 5.41) is 7.61. The smallest absolute Gasteiger partial charge is 0.251 e. The lowest BCUT2D eigenvalue weighted by atomic mass is 10.0. The van der Waals surface area contributed by atoms with Crippen LogP contribution >= 0.6 is 0 Å². The molecule has 0 aliphatic carbocycles. The molecule has 0 saturated heterocycles. The Kier molecular flexibility index (Phi) is 6.02. The molecule has 1 N–H and O–H groups in total. The Labute approximate surface area is 149 Å². The van der Waals surface area contributed by atoms with Crippen LogP contribution in [-0.2, 0) is 13.0 Å². The van der Waals surface area contributed by atoms with Crippen molar-refractivity contribution in [3.63, 3.8) is 0 Å². The Hall–Kier alpha value is -2.56. The molecule has 134 valence electrons. The molecule has 1 aromatic carbocycles. The summed E-state index contributed by atoms with van der Waals surface area (Å²) in [6.07, 6.45) is 2.45. The topological polar surface area (TPSA) is 56.2 Å². The Balaban J connectivity index is 2.23. The number of hydrogen-bond acceptors (Lipinski definition) is 3. The SMILES string of the molecule is C=CCc1cc(C(=O)NC(C)c2c(C)nn(CC)c2C)ccc1OC. The monoisotopic (exact) mass is 341 g/mol. The number of rotatable bonds is 7. The number of benzene rings is 1. The van der Waals surface area contributed by atoms with E-state index in [1.165, 1.54) is 0 Å². The first-order valence-corrected chi connectivity index (χ1v) is 8.55. The zero-order valence-electron chi connectivity index (χ0n) is 15.7. The average Bonchev–Trinajstić information content (AvgIpc) is 2.88. The first kappa shape index (κ1) is 18.8. The van der Waals surface area contributed by atoms with Crippen molar-refractivity contribution >= 4 is 5.91 Å². The van der Waals surface area contributed by atoms with Crippen molar-refractivity contribution in [3.05, 3.63) is 58.9 Å². The lowest BCUT2D eigenvalue weighted by Crippen LogP contribution is -2.27. The van der Waals surface area contributed by atoms with Gasteiger partial charge in [0.1, 0.15) is 5.75 Å². The summed E-state index contributed by atoms with van der Waals surface area (Å²) in [6, 6.07) is 5.35. The Bertz CT molecular complexity index is 777. The molecule has 1 amide bonds. The van der Waals surface area contributed by atoms with E-state index in [2.05, 4.69) is 23.9 Å². The van der Waals surface area contributed by atoms with Crippen LogP contribution in [0.4, 0.5) is 0 Å². The highest BCUT2D eigenvalue weighted by molar-refractivity contribution is 5.94. The van der Waals surface area contributed by atoms with E-state index in [4.69, 9.17) is 4.74 Å². The maximum atomic E-state index is 12.7. The van der Waals surface area contributed by atoms with Crippen LogP contribution in [0.5, 0.6) is 5.75 Å². The molecule has 0 aliphatic heterocycles. The summed E-state index contributed by atoms with van der Waals surface area (Å²) in [5.74, 6) is 0.656. The van der Waals surface area contributed by atoms with Crippen molar-refractivity contribution in [3.8, 4) is 5.75 Å². The summed E-state index contributed by atoms with van der Waals surface area (Å²) < 4.78 is 7.30. The van der Waals surface area contributed by atoms with E-state index in [0.29, 0.717) is 12.0 Å². The van der Waals surface area contributed by atoms with Crippen molar-refractivity contribution in [2.24, 2.45) is 0 Å². The summed E-state index contributed by atoms with van der Waals surface area (Å²) in [5.41, 5.74) is 4.69. The summed E-state index contributed by atoms with van der Waals surface area (Å²) in [6.45, 7) is 12.6. The fourth-order valence-corrected chi connectivity index (χ4v) is 3.23. The van der Waals surface area contributed by atoms with Crippen molar-refractivity contribution < 1.29 is 9.53 Å². The number of aryl methyl sites for hydroxylation is 2. The number of nitrogens with one attached hydrogen (secondary N) is 1. The van der Waals surface area contributed by atoms with Gasteiger partial charge in [0.25, 0.3) is 5.91 Å². The minimum atomic E-state index is -0.113. The van der Waals surface area contributed by atoms with E-state index in [1.54, 1.807) is 19.3 Å². The van der Waals surface area contributed by atoms with Gasteiger partial charge in [0, 0.05) is 23.4 Å². The number of allylic oxidation sites excluding steroid dienone is 1. The van der Waals surface area contributed by atoms with Gasteiger partial charge in [0.15, 0.2) is 0 Å². The fourth-order valence-electron chi connectivity index (χ4n) is 3.23. The number of methoxy groups -OCH3 is 1. The fraction of sp³-hybridized carbons (Fsp3) is 0.400. The van der Waals surface area contributed by atoms with E-state index in [9.17, 15) is 4.79 Å². The van der Waals surface area contributed by atoms with E-state index >= 15 is 0 Å². The third-order valence-corrected chi connectivity index (χ3v) is 4.42. The van der Waals surface area contributed by atoms with Gasteiger partial charge in [-0.3, -0.25) is 9.48 Å². The van der Waals surface area contributed by atoms with Crippen LogP contribution in [-0.4, -0.2) is 22.8 Å². The van der Waals surface area contributed by atoms with Gasteiger partial charge in [0.05, 0.1) is 18.8 Å². The molecule has 1 aromatic heterocycles. The van der Waals surface area contributed by atoms with E-state index in [1.807, 2.05) is 37.6 Å². The average molecular weight is 341 g/mol. The molecule has 25 heavy (non-hydrogen) atoms. The van der Waals surface area contributed by atoms with Gasteiger partial charge < -0.3 is 10.1 Å². The predicted octanol–water partition coefficient (Wildman–Crippen LogP) is 3.75. The molecule has 2 rings (SSSR count). The number of hydrogen-bond donors (Lipinski definition) is 1. The minimum absolute atomic E-state index is 0.108. The molecule has 0 fully saturated rings. The predicted molar refractivity (Wildman–Crippen MR) is 100 cm³/mol.